The summed E-state index contributed by atoms with van der Waals surface area (Å²) in [7, 11) is 1.57. The van der Waals surface area contributed by atoms with Crippen molar-refractivity contribution in [2.24, 2.45) is 0 Å². The van der Waals surface area contributed by atoms with Gasteiger partial charge in [-0.2, -0.15) is 5.26 Å². The van der Waals surface area contributed by atoms with Gasteiger partial charge in [0.2, 0.25) is 0 Å². The molecule has 0 heterocycles. The van der Waals surface area contributed by atoms with Gasteiger partial charge >= 0.3 is 5.97 Å². The van der Waals surface area contributed by atoms with Crippen LogP contribution in [0.25, 0.3) is 0 Å². The average molecular weight is 331 g/mol. The van der Waals surface area contributed by atoms with Crippen LogP contribution in [0.1, 0.15) is 25.7 Å². The van der Waals surface area contributed by atoms with Crippen LogP contribution in [-0.4, -0.2) is 30.6 Å². The second-order valence-corrected chi connectivity index (χ2v) is 5.00. The first-order chi connectivity index (χ1) is 11.6. The van der Waals surface area contributed by atoms with Gasteiger partial charge in [-0.15, -0.1) is 0 Å². The predicted molar refractivity (Wildman–Crippen MR) is 89.4 cm³/mol. The van der Waals surface area contributed by atoms with Gasteiger partial charge in [0.05, 0.1) is 7.11 Å². The van der Waals surface area contributed by atoms with E-state index in [1.54, 1.807) is 31.4 Å². The number of nitriles is 1. The first-order valence-electron chi connectivity index (χ1n) is 7.57. The molecule has 3 N–H and O–H groups in total. The second-order valence-electron chi connectivity index (χ2n) is 5.00. The quantitative estimate of drug-likeness (QED) is 0.344. The van der Waals surface area contributed by atoms with Crippen LogP contribution in [0.4, 0.5) is 5.69 Å². The van der Waals surface area contributed by atoms with Gasteiger partial charge < -0.3 is 20.5 Å². The molecule has 7 heteroatoms. The maximum Gasteiger partial charge on any atom is 0.303 e. The summed E-state index contributed by atoms with van der Waals surface area (Å²) in [6, 6.07) is 8.91. The maximum atomic E-state index is 11.9. The number of anilines is 1. The van der Waals surface area contributed by atoms with Crippen molar-refractivity contribution in [3.8, 4) is 11.8 Å². The molecule has 1 aromatic rings. The summed E-state index contributed by atoms with van der Waals surface area (Å²) in [6.07, 6.45) is 3.43. The number of methoxy groups -OCH3 is 1. The van der Waals surface area contributed by atoms with E-state index in [9.17, 15) is 9.59 Å². The number of nitrogens with one attached hydrogen (secondary N) is 2. The Hall–Kier alpha value is -3.01. The van der Waals surface area contributed by atoms with Crippen molar-refractivity contribution < 1.29 is 19.4 Å². The van der Waals surface area contributed by atoms with E-state index in [1.165, 1.54) is 6.20 Å². The Morgan fingerprint density at radius 2 is 1.96 bits per heavy atom. The molecule has 7 nitrogen and oxygen atoms in total. The number of unbranched alkanes of at least 4 members (excludes halogenated alkanes) is 2. The fourth-order valence-electron chi connectivity index (χ4n) is 1.87. The Morgan fingerprint density at radius 3 is 2.54 bits per heavy atom. The lowest BCUT2D eigenvalue weighted by atomic mass is 10.2. The fraction of sp³-hybridized carbons (Fsp3) is 0.353. The minimum Gasteiger partial charge on any atom is -0.497 e. The molecule has 0 aliphatic rings. The van der Waals surface area contributed by atoms with Crippen molar-refractivity contribution in [3.63, 3.8) is 0 Å². The summed E-state index contributed by atoms with van der Waals surface area (Å²) in [5.74, 6) is -0.569. The van der Waals surface area contributed by atoms with Crippen molar-refractivity contribution in [3.05, 3.63) is 36.0 Å². The fourth-order valence-corrected chi connectivity index (χ4v) is 1.87. The number of rotatable bonds is 10. The zero-order chi connectivity index (χ0) is 17.8. The van der Waals surface area contributed by atoms with Crippen LogP contribution in [0.3, 0.4) is 0 Å². The number of carboxylic acids is 1. The molecule has 128 valence electrons. The topological polar surface area (TPSA) is 111 Å². The highest BCUT2D eigenvalue weighted by atomic mass is 16.5. The molecule has 0 radical (unpaired) electrons. The molecule has 1 amide bonds. The summed E-state index contributed by atoms with van der Waals surface area (Å²) in [6.45, 7) is 0.403. The minimum atomic E-state index is -0.821. The number of aliphatic carboxylic acids is 1. The van der Waals surface area contributed by atoms with E-state index >= 15 is 0 Å². The molecule has 0 saturated heterocycles. The molecule has 0 atom stereocenters. The van der Waals surface area contributed by atoms with E-state index in [0.29, 0.717) is 31.6 Å². The number of ether oxygens (including phenoxy) is 1. The molecule has 0 unspecified atom stereocenters. The lowest BCUT2D eigenvalue weighted by Gasteiger charge is -2.06. The summed E-state index contributed by atoms with van der Waals surface area (Å²) in [5, 5.41) is 23.1. The molecule has 0 aliphatic carbocycles. The van der Waals surface area contributed by atoms with E-state index in [0.717, 1.165) is 5.69 Å². The number of amides is 1. The second kappa shape index (κ2) is 10.7. The van der Waals surface area contributed by atoms with Crippen molar-refractivity contribution in [1.82, 2.24) is 5.32 Å². The highest BCUT2D eigenvalue weighted by molar-refractivity contribution is 5.97. The van der Waals surface area contributed by atoms with E-state index in [4.69, 9.17) is 15.1 Å². The normalized spacial score (nSPS) is 10.6. The highest BCUT2D eigenvalue weighted by Gasteiger charge is 2.08. The number of carbonyl (C=O) groups is 2. The van der Waals surface area contributed by atoms with Crippen molar-refractivity contribution in [2.45, 2.75) is 25.7 Å². The molecule has 0 aliphatic heterocycles. The molecule has 24 heavy (non-hydrogen) atoms. The molecule has 0 spiro atoms. The summed E-state index contributed by atoms with van der Waals surface area (Å²) >= 11 is 0. The van der Waals surface area contributed by atoms with Crippen molar-refractivity contribution in [1.29, 1.82) is 5.26 Å². The van der Waals surface area contributed by atoms with Crippen LogP contribution in [-0.2, 0) is 9.59 Å². The first-order valence-corrected chi connectivity index (χ1v) is 7.57. The van der Waals surface area contributed by atoms with Crippen molar-refractivity contribution >= 4 is 17.6 Å². The third-order valence-electron chi connectivity index (χ3n) is 3.19. The highest BCUT2D eigenvalue weighted by Crippen LogP contribution is 2.15. The van der Waals surface area contributed by atoms with Gasteiger partial charge in [0, 0.05) is 24.9 Å². The van der Waals surface area contributed by atoms with Crippen LogP contribution < -0.4 is 15.4 Å². The largest absolute Gasteiger partial charge is 0.497 e. The third kappa shape index (κ3) is 7.31. The van der Waals surface area contributed by atoms with Crippen LogP contribution in [0.15, 0.2) is 36.0 Å². The van der Waals surface area contributed by atoms with Gasteiger partial charge in [0.25, 0.3) is 5.91 Å². The van der Waals surface area contributed by atoms with Gasteiger partial charge in [-0.3, -0.25) is 9.59 Å². The Balaban J connectivity index is 2.39. The standard InChI is InChI=1S/C17H21N3O4/c1-24-15-8-6-14(7-9-15)20-12-13(11-18)17(23)19-10-4-2-3-5-16(21)22/h6-9,12,20H,2-5,10H2,1H3,(H,19,23)(H,21,22)/b13-12-. The van der Waals surface area contributed by atoms with E-state index in [2.05, 4.69) is 10.6 Å². The average Bonchev–Trinajstić information content (AvgIpc) is 2.58. The van der Waals surface area contributed by atoms with Crippen LogP contribution >= 0.6 is 0 Å². The first kappa shape index (κ1) is 19.0. The molecule has 1 rings (SSSR count). The zero-order valence-corrected chi connectivity index (χ0v) is 13.5. The monoisotopic (exact) mass is 331 g/mol. The summed E-state index contributed by atoms with van der Waals surface area (Å²) < 4.78 is 5.05. The van der Waals surface area contributed by atoms with Crippen LogP contribution in [0.2, 0.25) is 0 Å². The van der Waals surface area contributed by atoms with Gasteiger partial charge in [0.15, 0.2) is 0 Å². The summed E-state index contributed by atoms with van der Waals surface area (Å²) in [5.41, 5.74) is 0.696. The molecule has 0 bridgehead atoms. The molecule has 0 fully saturated rings. The number of nitrogens with zero attached hydrogens (tertiary/aromatic N) is 1. The predicted octanol–water partition coefficient (Wildman–Crippen LogP) is 2.28. The third-order valence-corrected chi connectivity index (χ3v) is 3.19. The van der Waals surface area contributed by atoms with E-state index in [1.807, 2.05) is 6.07 Å². The lowest BCUT2D eigenvalue weighted by molar-refractivity contribution is -0.137. The molecular weight excluding hydrogens is 310 g/mol. The van der Waals surface area contributed by atoms with Crippen LogP contribution in [0, 0.1) is 11.3 Å². The number of carboxylic acid groups (broad SMARTS) is 1. The molecular formula is C17H21N3O4. The van der Waals surface area contributed by atoms with Gasteiger partial charge in [0.1, 0.15) is 17.4 Å². The smallest absolute Gasteiger partial charge is 0.303 e. The molecule has 0 saturated carbocycles. The van der Waals surface area contributed by atoms with Crippen LogP contribution in [0.5, 0.6) is 5.75 Å². The van der Waals surface area contributed by atoms with E-state index < -0.39 is 11.9 Å². The summed E-state index contributed by atoms with van der Waals surface area (Å²) in [4.78, 5) is 22.2. The molecule has 0 aromatic heterocycles. The Morgan fingerprint density at radius 1 is 1.25 bits per heavy atom. The van der Waals surface area contributed by atoms with Gasteiger partial charge in [-0.05, 0) is 37.1 Å². The van der Waals surface area contributed by atoms with Gasteiger partial charge in [-0.1, -0.05) is 6.42 Å². The number of hydrogen-bond donors (Lipinski definition) is 3. The van der Waals surface area contributed by atoms with Crippen molar-refractivity contribution in [2.75, 3.05) is 19.0 Å². The van der Waals surface area contributed by atoms with E-state index in [-0.39, 0.29) is 12.0 Å². The Labute approximate surface area is 140 Å². The number of carbonyl (C=O) groups excluding carboxylic acids is 1. The Bertz CT molecular complexity index is 618. The SMILES string of the molecule is COc1ccc(N/C=C(/C#N)C(=O)NCCCCCC(=O)O)cc1. The number of hydrogen-bond acceptors (Lipinski definition) is 5. The molecule has 1 aromatic carbocycles. The minimum absolute atomic E-state index is 0.0312. The number of benzene rings is 1. The Kier molecular flexibility index (Phi) is 8.47. The lowest BCUT2D eigenvalue weighted by Crippen LogP contribution is -2.26. The zero-order valence-electron chi connectivity index (χ0n) is 13.5. The maximum absolute atomic E-state index is 11.9. The van der Waals surface area contributed by atoms with Gasteiger partial charge in [-0.25, -0.2) is 0 Å².